The summed E-state index contributed by atoms with van der Waals surface area (Å²) >= 11 is 0. The van der Waals surface area contributed by atoms with Crippen LogP contribution in [-0.4, -0.2) is 12.0 Å². The van der Waals surface area contributed by atoms with E-state index in [0.717, 1.165) is 22.8 Å². The highest BCUT2D eigenvalue weighted by Crippen LogP contribution is 2.27. The molecule has 0 saturated heterocycles. The van der Waals surface area contributed by atoms with Gasteiger partial charge in [-0.2, -0.15) is 0 Å². The standard InChI is InChI=1S/C15H19N3/c1-11-6-4-5-7-14(11)18(3)15-13(10-16)9-8-12(2)17-15/h4-9H,10,16H2,1-3H3. The van der Waals surface area contributed by atoms with Gasteiger partial charge < -0.3 is 10.6 Å². The molecule has 2 rings (SSSR count). The predicted molar refractivity (Wildman–Crippen MR) is 76.1 cm³/mol. The maximum absolute atomic E-state index is 5.79. The molecule has 3 heteroatoms. The van der Waals surface area contributed by atoms with Crippen molar-refractivity contribution in [2.75, 3.05) is 11.9 Å². The average molecular weight is 241 g/mol. The maximum atomic E-state index is 5.79. The predicted octanol–water partition coefficient (Wildman–Crippen LogP) is 2.93. The van der Waals surface area contributed by atoms with E-state index >= 15 is 0 Å². The number of hydrogen-bond donors (Lipinski definition) is 1. The lowest BCUT2D eigenvalue weighted by Gasteiger charge is -2.23. The van der Waals surface area contributed by atoms with Gasteiger partial charge in [-0.05, 0) is 31.5 Å². The first-order valence-corrected chi connectivity index (χ1v) is 6.09. The van der Waals surface area contributed by atoms with E-state index in [9.17, 15) is 0 Å². The molecule has 0 aliphatic rings. The molecular weight excluding hydrogens is 222 g/mol. The first-order chi connectivity index (χ1) is 8.63. The molecule has 3 nitrogen and oxygen atoms in total. The Morgan fingerprint density at radius 2 is 1.83 bits per heavy atom. The van der Waals surface area contributed by atoms with E-state index in [0.29, 0.717) is 6.54 Å². The Bertz CT molecular complexity index is 549. The molecule has 1 heterocycles. The number of para-hydroxylation sites is 1. The van der Waals surface area contributed by atoms with Crippen LogP contribution in [0.15, 0.2) is 36.4 Å². The first kappa shape index (κ1) is 12.6. The third-order valence-corrected chi connectivity index (χ3v) is 3.11. The van der Waals surface area contributed by atoms with E-state index in [4.69, 9.17) is 5.73 Å². The van der Waals surface area contributed by atoms with Gasteiger partial charge in [-0.15, -0.1) is 0 Å². The van der Waals surface area contributed by atoms with Crippen LogP contribution in [0.4, 0.5) is 11.5 Å². The van der Waals surface area contributed by atoms with Crippen LogP contribution in [0.3, 0.4) is 0 Å². The van der Waals surface area contributed by atoms with Gasteiger partial charge in [0, 0.05) is 30.5 Å². The molecule has 18 heavy (non-hydrogen) atoms. The Kier molecular flexibility index (Phi) is 3.63. The van der Waals surface area contributed by atoms with Crippen LogP contribution in [0.2, 0.25) is 0 Å². The van der Waals surface area contributed by atoms with Crippen LogP contribution >= 0.6 is 0 Å². The fraction of sp³-hybridized carbons (Fsp3) is 0.267. The minimum absolute atomic E-state index is 0.499. The highest BCUT2D eigenvalue weighted by molar-refractivity contribution is 5.65. The number of nitrogens with two attached hydrogens (primary N) is 1. The molecule has 0 aliphatic carbocycles. The third kappa shape index (κ3) is 2.36. The van der Waals surface area contributed by atoms with Crippen LogP contribution in [0.5, 0.6) is 0 Å². The van der Waals surface area contributed by atoms with Gasteiger partial charge in [0.2, 0.25) is 0 Å². The highest BCUT2D eigenvalue weighted by atomic mass is 15.2. The summed E-state index contributed by atoms with van der Waals surface area (Å²) in [5.74, 6) is 0.937. The molecule has 1 aromatic heterocycles. The zero-order valence-electron chi connectivity index (χ0n) is 11.1. The fourth-order valence-electron chi connectivity index (χ4n) is 2.08. The number of aryl methyl sites for hydroxylation is 2. The van der Waals surface area contributed by atoms with Gasteiger partial charge >= 0.3 is 0 Å². The second-order valence-corrected chi connectivity index (χ2v) is 4.48. The summed E-state index contributed by atoms with van der Waals surface area (Å²) in [5.41, 5.74) is 10.2. The summed E-state index contributed by atoms with van der Waals surface area (Å²) in [6.07, 6.45) is 0. The zero-order chi connectivity index (χ0) is 13.1. The van der Waals surface area contributed by atoms with Crippen LogP contribution in [-0.2, 0) is 6.54 Å². The summed E-state index contributed by atoms with van der Waals surface area (Å²) in [6.45, 7) is 4.60. The molecule has 0 bridgehead atoms. The van der Waals surface area contributed by atoms with Crippen LogP contribution in [0, 0.1) is 13.8 Å². The van der Waals surface area contributed by atoms with Gasteiger partial charge in [-0.25, -0.2) is 4.98 Å². The molecule has 0 atom stereocenters. The smallest absolute Gasteiger partial charge is 0.137 e. The number of anilines is 2. The summed E-state index contributed by atoms with van der Waals surface area (Å²) in [7, 11) is 2.03. The molecule has 0 aliphatic heterocycles. The Balaban J connectivity index is 2.48. The monoisotopic (exact) mass is 241 g/mol. The molecule has 94 valence electrons. The minimum atomic E-state index is 0.499. The zero-order valence-corrected chi connectivity index (χ0v) is 11.1. The number of aromatic nitrogens is 1. The molecule has 2 N–H and O–H groups in total. The van der Waals surface area contributed by atoms with Crippen LogP contribution in [0.25, 0.3) is 0 Å². The van der Waals surface area contributed by atoms with Gasteiger partial charge in [0.15, 0.2) is 0 Å². The normalized spacial score (nSPS) is 10.4. The second kappa shape index (κ2) is 5.19. The molecule has 0 unspecified atom stereocenters. The molecule has 0 radical (unpaired) electrons. The van der Waals surface area contributed by atoms with E-state index in [1.807, 2.05) is 38.2 Å². The topological polar surface area (TPSA) is 42.1 Å². The van der Waals surface area contributed by atoms with E-state index in [-0.39, 0.29) is 0 Å². The maximum Gasteiger partial charge on any atom is 0.137 e. The second-order valence-electron chi connectivity index (χ2n) is 4.48. The van der Waals surface area contributed by atoms with E-state index in [1.165, 1.54) is 5.56 Å². The Morgan fingerprint density at radius 3 is 2.50 bits per heavy atom. The fourth-order valence-corrected chi connectivity index (χ4v) is 2.08. The van der Waals surface area contributed by atoms with Crippen molar-refractivity contribution in [3.63, 3.8) is 0 Å². The summed E-state index contributed by atoms with van der Waals surface area (Å²) in [6, 6.07) is 12.3. The van der Waals surface area contributed by atoms with Crippen molar-refractivity contribution in [3.05, 3.63) is 53.2 Å². The van der Waals surface area contributed by atoms with Gasteiger partial charge in [0.25, 0.3) is 0 Å². The van der Waals surface area contributed by atoms with Gasteiger partial charge in [-0.3, -0.25) is 0 Å². The lowest BCUT2D eigenvalue weighted by molar-refractivity contribution is 0.992. The van der Waals surface area contributed by atoms with Crippen LogP contribution in [0.1, 0.15) is 16.8 Å². The van der Waals surface area contributed by atoms with Crippen molar-refractivity contribution in [2.45, 2.75) is 20.4 Å². The minimum Gasteiger partial charge on any atom is -0.329 e. The molecule has 0 spiro atoms. The average Bonchev–Trinajstić information content (AvgIpc) is 2.38. The quantitative estimate of drug-likeness (QED) is 0.898. The third-order valence-electron chi connectivity index (χ3n) is 3.11. The van der Waals surface area contributed by atoms with Crippen molar-refractivity contribution in [1.82, 2.24) is 4.98 Å². The van der Waals surface area contributed by atoms with Gasteiger partial charge in [0.05, 0.1) is 0 Å². The summed E-state index contributed by atoms with van der Waals surface area (Å²) in [5, 5.41) is 0. The molecule has 1 aromatic carbocycles. The number of nitrogens with zero attached hydrogens (tertiary/aromatic N) is 2. The molecule has 2 aromatic rings. The van der Waals surface area contributed by atoms with Crippen molar-refractivity contribution < 1.29 is 0 Å². The molecule has 0 saturated carbocycles. The van der Waals surface area contributed by atoms with Crippen molar-refractivity contribution in [2.24, 2.45) is 5.73 Å². The lowest BCUT2D eigenvalue weighted by Crippen LogP contribution is -2.16. The number of rotatable bonds is 3. The van der Waals surface area contributed by atoms with E-state index in [1.54, 1.807) is 0 Å². The van der Waals surface area contributed by atoms with Gasteiger partial charge in [0.1, 0.15) is 5.82 Å². The number of pyridine rings is 1. The van der Waals surface area contributed by atoms with Crippen molar-refractivity contribution in [1.29, 1.82) is 0 Å². The summed E-state index contributed by atoms with van der Waals surface area (Å²) < 4.78 is 0. The van der Waals surface area contributed by atoms with Crippen molar-refractivity contribution >= 4 is 11.5 Å². The van der Waals surface area contributed by atoms with E-state index in [2.05, 4.69) is 28.9 Å². The SMILES string of the molecule is Cc1ccc(CN)c(N(C)c2ccccc2C)n1. The molecule has 0 fully saturated rings. The lowest BCUT2D eigenvalue weighted by atomic mass is 10.1. The summed E-state index contributed by atoms with van der Waals surface area (Å²) in [4.78, 5) is 6.71. The first-order valence-electron chi connectivity index (χ1n) is 6.09. The molecule has 0 amide bonds. The largest absolute Gasteiger partial charge is 0.329 e. The Labute approximate surface area is 108 Å². The molecular formula is C15H19N3. The van der Waals surface area contributed by atoms with E-state index < -0.39 is 0 Å². The Morgan fingerprint density at radius 1 is 1.11 bits per heavy atom. The van der Waals surface area contributed by atoms with Crippen LogP contribution < -0.4 is 10.6 Å². The number of hydrogen-bond acceptors (Lipinski definition) is 3. The van der Waals surface area contributed by atoms with Crippen molar-refractivity contribution in [3.8, 4) is 0 Å². The number of benzene rings is 1. The Hall–Kier alpha value is -1.87. The van der Waals surface area contributed by atoms with Gasteiger partial charge in [-0.1, -0.05) is 24.3 Å². The highest BCUT2D eigenvalue weighted by Gasteiger charge is 2.11.